The molecule has 2 unspecified atom stereocenters. The van der Waals surface area contributed by atoms with Gasteiger partial charge in [0.05, 0.1) is 15.6 Å². The maximum absolute atomic E-state index is 14.2. The van der Waals surface area contributed by atoms with E-state index in [0.29, 0.717) is 24.7 Å². The number of hydrogen-bond acceptors (Lipinski definition) is 1. The number of aliphatic hydroxyl groups is 1. The van der Waals surface area contributed by atoms with Crippen LogP contribution in [0.25, 0.3) is 0 Å². The molecule has 2 atom stereocenters. The molecule has 0 saturated heterocycles. The van der Waals surface area contributed by atoms with Crippen molar-refractivity contribution in [2.45, 2.75) is 51.6 Å². The summed E-state index contributed by atoms with van der Waals surface area (Å²) in [6.07, 6.45) is 3.45. The zero-order chi connectivity index (χ0) is 14.9. The predicted octanol–water partition coefficient (Wildman–Crippen LogP) is 5.15. The SMILES string of the molecule is CC(C)C1CCCC(O)(c2c(F)ccc(Br)c2F)CC1. The highest BCUT2D eigenvalue weighted by molar-refractivity contribution is 9.10. The van der Waals surface area contributed by atoms with Gasteiger partial charge in [-0.1, -0.05) is 20.3 Å². The molecule has 1 aromatic carbocycles. The molecule has 0 heterocycles. The van der Waals surface area contributed by atoms with Gasteiger partial charge in [0.1, 0.15) is 11.6 Å². The third kappa shape index (κ3) is 3.06. The first kappa shape index (κ1) is 15.9. The monoisotopic (exact) mass is 346 g/mol. The topological polar surface area (TPSA) is 20.2 Å². The second-order valence-corrected chi connectivity index (χ2v) is 7.04. The molecular formula is C16H21BrF2O. The van der Waals surface area contributed by atoms with Gasteiger partial charge < -0.3 is 5.11 Å². The third-order valence-electron chi connectivity index (χ3n) is 4.55. The minimum Gasteiger partial charge on any atom is -0.385 e. The van der Waals surface area contributed by atoms with E-state index in [9.17, 15) is 13.9 Å². The molecule has 0 radical (unpaired) electrons. The average molecular weight is 347 g/mol. The normalized spacial score (nSPS) is 27.6. The van der Waals surface area contributed by atoms with Crippen molar-refractivity contribution in [3.8, 4) is 0 Å². The average Bonchev–Trinajstić information content (AvgIpc) is 2.57. The Hall–Kier alpha value is -0.480. The van der Waals surface area contributed by atoms with E-state index in [1.54, 1.807) is 0 Å². The largest absolute Gasteiger partial charge is 0.385 e. The van der Waals surface area contributed by atoms with Crippen molar-refractivity contribution >= 4 is 15.9 Å². The summed E-state index contributed by atoms with van der Waals surface area (Å²) in [5.74, 6) is -0.274. The van der Waals surface area contributed by atoms with Crippen LogP contribution >= 0.6 is 15.9 Å². The Morgan fingerprint density at radius 3 is 2.60 bits per heavy atom. The molecule has 2 rings (SSSR count). The quantitative estimate of drug-likeness (QED) is 0.579. The molecule has 4 heteroatoms. The highest BCUT2D eigenvalue weighted by Gasteiger charge is 2.38. The maximum Gasteiger partial charge on any atom is 0.146 e. The molecule has 1 fully saturated rings. The Kier molecular flexibility index (Phi) is 4.85. The predicted molar refractivity (Wildman–Crippen MR) is 79.4 cm³/mol. The van der Waals surface area contributed by atoms with Crippen LogP contribution in [0.4, 0.5) is 8.78 Å². The number of hydrogen-bond donors (Lipinski definition) is 1. The summed E-state index contributed by atoms with van der Waals surface area (Å²) in [6, 6.07) is 2.55. The van der Waals surface area contributed by atoms with Crippen LogP contribution in [0.5, 0.6) is 0 Å². The van der Waals surface area contributed by atoms with Crippen LogP contribution in [-0.2, 0) is 5.60 Å². The van der Waals surface area contributed by atoms with Crippen molar-refractivity contribution in [1.82, 2.24) is 0 Å². The zero-order valence-corrected chi connectivity index (χ0v) is 13.5. The molecule has 1 saturated carbocycles. The van der Waals surface area contributed by atoms with E-state index in [1.165, 1.54) is 12.1 Å². The maximum atomic E-state index is 14.2. The van der Waals surface area contributed by atoms with Crippen LogP contribution in [-0.4, -0.2) is 5.11 Å². The first-order valence-corrected chi connectivity index (χ1v) is 8.01. The fourth-order valence-corrected chi connectivity index (χ4v) is 3.55. The fraction of sp³-hybridized carbons (Fsp3) is 0.625. The minimum atomic E-state index is -1.39. The smallest absolute Gasteiger partial charge is 0.146 e. The van der Waals surface area contributed by atoms with Crippen molar-refractivity contribution in [3.05, 3.63) is 33.8 Å². The number of halogens is 3. The molecule has 0 aromatic heterocycles. The fourth-order valence-electron chi connectivity index (χ4n) is 3.22. The highest BCUT2D eigenvalue weighted by Crippen LogP contribution is 2.42. The number of rotatable bonds is 2. The van der Waals surface area contributed by atoms with Gasteiger partial charge in [-0.05, 0) is 65.6 Å². The standard InChI is InChI=1S/C16H21BrF2O/c1-10(2)11-4-3-8-16(20,9-7-11)14-13(18)6-5-12(17)15(14)19/h5-6,10-11,20H,3-4,7-9H2,1-2H3. The molecule has 1 nitrogen and oxygen atoms in total. The molecule has 0 amide bonds. The number of benzene rings is 1. The molecule has 1 aliphatic carbocycles. The summed E-state index contributed by atoms with van der Waals surface area (Å²) < 4.78 is 28.5. The Bertz CT molecular complexity index is 490. The van der Waals surface area contributed by atoms with E-state index in [1.807, 2.05) is 0 Å². The molecule has 1 aliphatic rings. The van der Waals surface area contributed by atoms with Crippen LogP contribution in [0.3, 0.4) is 0 Å². The Morgan fingerprint density at radius 1 is 1.25 bits per heavy atom. The van der Waals surface area contributed by atoms with E-state index in [2.05, 4.69) is 29.8 Å². The second kappa shape index (κ2) is 6.10. The van der Waals surface area contributed by atoms with Gasteiger partial charge >= 0.3 is 0 Å². The van der Waals surface area contributed by atoms with E-state index >= 15 is 0 Å². The Labute approximate surface area is 127 Å². The van der Waals surface area contributed by atoms with Gasteiger partial charge in [-0.2, -0.15) is 0 Å². The van der Waals surface area contributed by atoms with E-state index in [4.69, 9.17) is 0 Å². The van der Waals surface area contributed by atoms with Crippen molar-refractivity contribution in [3.63, 3.8) is 0 Å². The third-order valence-corrected chi connectivity index (χ3v) is 5.16. The van der Waals surface area contributed by atoms with Gasteiger partial charge in [0.2, 0.25) is 0 Å². The Balaban J connectivity index is 2.34. The van der Waals surface area contributed by atoms with E-state index in [-0.39, 0.29) is 10.0 Å². The lowest BCUT2D eigenvalue weighted by atomic mass is 9.84. The summed E-state index contributed by atoms with van der Waals surface area (Å²) in [4.78, 5) is 0. The summed E-state index contributed by atoms with van der Waals surface area (Å²) in [5.41, 5.74) is -1.56. The van der Waals surface area contributed by atoms with Gasteiger partial charge in [0.25, 0.3) is 0 Å². The minimum absolute atomic E-state index is 0.170. The first-order valence-electron chi connectivity index (χ1n) is 7.21. The van der Waals surface area contributed by atoms with Crippen molar-refractivity contribution in [1.29, 1.82) is 0 Å². The van der Waals surface area contributed by atoms with Crippen LogP contribution in [0.15, 0.2) is 16.6 Å². The van der Waals surface area contributed by atoms with Crippen molar-refractivity contribution in [2.24, 2.45) is 11.8 Å². The summed E-state index contributed by atoms with van der Waals surface area (Å²) in [5, 5.41) is 10.8. The van der Waals surface area contributed by atoms with Crippen LogP contribution in [0.2, 0.25) is 0 Å². The highest BCUT2D eigenvalue weighted by atomic mass is 79.9. The van der Waals surface area contributed by atoms with Crippen LogP contribution in [0.1, 0.15) is 51.5 Å². The van der Waals surface area contributed by atoms with Gasteiger partial charge in [-0.25, -0.2) is 8.78 Å². The van der Waals surface area contributed by atoms with Crippen LogP contribution < -0.4 is 0 Å². The van der Waals surface area contributed by atoms with E-state index in [0.717, 1.165) is 19.3 Å². The summed E-state index contributed by atoms with van der Waals surface area (Å²) in [6.45, 7) is 4.32. The second-order valence-electron chi connectivity index (χ2n) is 6.18. The molecule has 20 heavy (non-hydrogen) atoms. The van der Waals surface area contributed by atoms with Gasteiger partial charge in [0.15, 0.2) is 0 Å². The molecule has 0 aliphatic heterocycles. The lowest BCUT2D eigenvalue weighted by Crippen LogP contribution is -2.28. The summed E-state index contributed by atoms with van der Waals surface area (Å²) >= 11 is 3.07. The summed E-state index contributed by atoms with van der Waals surface area (Å²) in [7, 11) is 0. The lowest BCUT2D eigenvalue weighted by molar-refractivity contribution is 0.0120. The molecule has 0 spiro atoms. The van der Waals surface area contributed by atoms with Crippen molar-refractivity contribution < 1.29 is 13.9 Å². The Morgan fingerprint density at radius 2 is 1.95 bits per heavy atom. The molecule has 112 valence electrons. The van der Waals surface area contributed by atoms with Crippen molar-refractivity contribution in [2.75, 3.05) is 0 Å². The molecular weight excluding hydrogens is 326 g/mol. The molecule has 1 aromatic rings. The molecule has 1 N–H and O–H groups in total. The van der Waals surface area contributed by atoms with Gasteiger partial charge in [0, 0.05) is 0 Å². The zero-order valence-electron chi connectivity index (χ0n) is 11.9. The van der Waals surface area contributed by atoms with E-state index < -0.39 is 17.2 Å². The van der Waals surface area contributed by atoms with Crippen LogP contribution in [0, 0.1) is 23.5 Å². The van der Waals surface area contributed by atoms with Gasteiger partial charge in [-0.3, -0.25) is 0 Å². The van der Waals surface area contributed by atoms with Gasteiger partial charge in [-0.15, -0.1) is 0 Å². The first-order chi connectivity index (χ1) is 9.35. The molecule has 0 bridgehead atoms. The lowest BCUT2D eigenvalue weighted by Gasteiger charge is -2.28.